The summed E-state index contributed by atoms with van der Waals surface area (Å²) in [5.74, 6) is 0.966. The predicted molar refractivity (Wildman–Crippen MR) is 75.8 cm³/mol. The molecule has 2 aliphatic rings. The van der Waals surface area contributed by atoms with Crippen molar-refractivity contribution in [1.29, 1.82) is 0 Å². The van der Waals surface area contributed by atoms with E-state index in [1.807, 2.05) is 0 Å². The van der Waals surface area contributed by atoms with Crippen molar-refractivity contribution >= 4 is 0 Å². The maximum Gasteiger partial charge on any atom is 0.119 e. The first kappa shape index (κ1) is 12.9. The minimum absolute atomic E-state index is 0.268. The van der Waals surface area contributed by atoms with Crippen molar-refractivity contribution in [2.45, 2.75) is 37.7 Å². The number of rotatable bonds is 3. The molecule has 104 valence electrons. The van der Waals surface area contributed by atoms with Crippen molar-refractivity contribution in [1.82, 2.24) is 5.32 Å². The van der Waals surface area contributed by atoms with Crippen LogP contribution >= 0.6 is 0 Å². The van der Waals surface area contributed by atoms with E-state index in [-0.39, 0.29) is 6.10 Å². The smallest absolute Gasteiger partial charge is 0.119 e. The molecule has 1 aliphatic carbocycles. The summed E-state index contributed by atoms with van der Waals surface area (Å²) in [6, 6.07) is 6.50. The molecule has 1 spiro atoms. The average molecular weight is 261 g/mol. The van der Waals surface area contributed by atoms with Gasteiger partial charge in [-0.25, -0.2) is 0 Å². The van der Waals surface area contributed by atoms with Crippen LogP contribution in [0.5, 0.6) is 5.75 Å². The third kappa shape index (κ3) is 2.15. The Bertz CT molecular complexity index is 452. The predicted octanol–water partition coefficient (Wildman–Crippen LogP) is 2.80. The van der Waals surface area contributed by atoms with E-state index in [1.54, 1.807) is 7.11 Å². The number of nitrogens with one attached hydrogen (secondary N) is 1. The van der Waals surface area contributed by atoms with Crippen LogP contribution in [0.2, 0.25) is 0 Å². The summed E-state index contributed by atoms with van der Waals surface area (Å²) in [4.78, 5) is 0. The molecule has 0 unspecified atom stereocenters. The number of piperidine rings is 1. The number of methoxy groups -OCH3 is 1. The number of hydrogen-bond donors (Lipinski definition) is 1. The standard InChI is InChI=1S/C16H23NO2/c1-3-19-15-11-16(6-8-17-9-7-16)14-10-12(18-2)4-5-13(14)15/h4-5,10,15,17H,3,6-9,11H2,1-2H3/t15-/m1/s1. The van der Waals surface area contributed by atoms with Crippen LogP contribution in [-0.2, 0) is 10.2 Å². The third-order valence-corrected chi connectivity index (χ3v) is 4.68. The summed E-state index contributed by atoms with van der Waals surface area (Å²) in [6.45, 7) is 5.08. The van der Waals surface area contributed by atoms with Crippen molar-refractivity contribution in [2.75, 3.05) is 26.8 Å². The lowest BCUT2D eigenvalue weighted by atomic mass is 9.74. The van der Waals surface area contributed by atoms with Gasteiger partial charge < -0.3 is 14.8 Å². The highest BCUT2D eigenvalue weighted by atomic mass is 16.5. The normalized spacial score (nSPS) is 24.4. The fraction of sp³-hybridized carbons (Fsp3) is 0.625. The van der Waals surface area contributed by atoms with E-state index in [0.29, 0.717) is 5.41 Å². The summed E-state index contributed by atoms with van der Waals surface area (Å²) in [6.07, 6.45) is 3.81. The molecular formula is C16H23NO2. The van der Waals surface area contributed by atoms with Gasteiger partial charge in [-0.3, -0.25) is 0 Å². The molecule has 0 amide bonds. The first-order valence-electron chi connectivity index (χ1n) is 7.30. The molecule has 1 heterocycles. The zero-order chi connectivity index (χ0) is 13.3. The fourth-order valence-corrected chi connectivity index (χ4v) is 3.71. The number of hydrogen-bond acceptors (Lipinski definition) is 3. The Hall–Kier alpha value is -1.06. The molecule has 3 heteroatoms. The van der Waals surface area contributed by atoms with Crippen molar-refractivity contribution < 1.29 is 9.47 Å². The van der Waals surface area contributed by atoms with E-state index in [1.165, 1.54) is 24.0 Å². The molecule has 1 saturated heterocycles. The zero-order valence-corrected chi connectivity index (χ0v) is 11.9. The lowest BCUT2D eigenvalue weighted by Gasteiger charge is -2.35. The van der Waals surface area contributed by atoms with Crippen molar-refractivity contribution in [3.05, 3.63) is 29.3 Å². The van der Waals surface area contributed by atoms with Gasteiger partial charge >= 0.3 is 0 Å². The molecule has 1 atom stereocenters. The van der Waals surface area contributed by atoms with E-state index in [4.69, 9.17) is 9.47 Å². The topological polar surface area (TPSA) is 30.5 Å². The lowest BCUT2D eigenvalue weighted by molar-refractivity contribution is 0.0474. The van der Waals surface area contributed by atoms with Crippen molar-refractivity contribution in [2.24, 2.45) is 0 Å². The minimum Gasteiger partial charge on any atom is -0.497 e. The van der Waals surface area contributed by atoms with E-state index in [9.17, 15) is 0 Å². The van der Waals surface area contributed by atoms with Crippen molar-refractivity contribution in [3.8, 4) is 5.75 Å². The molecule has 0 radical (unpaired) electrons. The van der Waals surface area contributed by atoms with Crippen LogP contribution < -0.4 is 10.1 Å². The van der Waals surface area contributed by atoms with Crippen LogP contribution in [0.3, 0.4) is 0 Å². The molecule has 1 fully saturated rings. The van der Waals surface area contributed by atoms with E-state index >= 15 is 0 Å². The Kier molecular flexibility index (Phi) is 3.50. The van der Waals surface area contributed by atoms with Gasteiger partial charge in [0.1, 0.15) is 5.75 Å². The van der Waals surface area contributed by atoms with Gasteiger partial charge in [-0.2, -0.15) is 0 Å². The highest BCUT2D eigenvalue weighted by molar-refractivity contribution is 5.46. The first-order valence-corrected chi connectivity index (χ1v) is 7.30. The molecule has 3 nitrogen and oxygen atoms in total. The van der Waals surface area contributed by atoms with Gasteiger partial charge in [-0.05, 0) is 62.5 Å². The molecule has 1 N–H and O–H groups in total. The van der Waals surface area contributed by atoms with Crippen LogP contribution in [0.25, 0.3) is 0 Å². The van der Waals surface area contributed by atoms with Gasteiger partial charge in [0.05, 0.1) is 13.2 Å². The molecule has 3 rings (SSSR count). The molecule has 19 heavy (non-hydrogen) atoms. The SMILES string of the molecule is CCO[C@@H]1CC2(CCNCC2)c2cc(OC)ccc21. The van der Waals surface area contributed by atoms with Crippen LogP contribution in [-0.4, -0.2) is 26.8 Å². The van der Waals surface area contributed by atoms with E-state index in [2.05, 4.69) is 30.4 Å². The molecule has 0 bridgehead atoms. The average Bonchev–Trinajstić information content (AvgIpc) is 2.74. The molecule has 0 aromatic heterocycles. The Morgan fingerprint density at radius 3 is 2.79 bits per heavy atom. The molecular weight excluding hydrogens is 238 g/mol. The highest BCUT2D eigenvalue weighted by Gasteiger charge is 2.44. The van der Waals surface area contributed by atoms with Gasteiger partial charge in [-0.1, -0.05) is 6.07 Å². The summed E-state index contributed by atoms with van der Waals surface area (Å²) in [5, 5.41) is 3.47. The van der Waals surface area contributed by atoms with Gasteiger partial charge in [0.2, 0.25) is 0 Å². The Labute approximate surface area is 115 Å². The molecule has 1 aromatic rings. The Morgan fingerprint density at radius 2 is 2.11 bits per heavy atom. The Morgan fingerprint density at radius 1 is 1.32 bits per heavy atom. The van der Waals surface area contributed by atoms with Crippen LogP contribution in [0.4, 0.5) is 0 Å². The molecule has 0 saturated carbocycles. The summed E-state index contributed by atoms with van der Waals surface area (Å²) in [7, 11) is 1.74. The largest absolute Gasteiger partial charge is 0.497 e. The second-order valence-corrected chi connectivity index (χ2v) is 5.63. The van der Waals surface area contributed by atoms with Crippen LogP contribution in [0, 0.1) is 0 Å². The lowest BCUT2D eigenvalue weighted by Crippen LogP contribution is -2.38. The van der Waals surface area contributed by atoms with E-state index < -0.39 is 0 Å². The first-order chi connectivity index (χ1) is 9.29. The summed E-state index contributed by atoms with van der Waals surface area (Å²) >= 11 is 0. The molecule has 1 aromatic carbocycles. The quantitative estimate of drug-likeness (QED) is 0.907. The van der Waals surface area contributed by atoms with Crippen LogP contribution in [0.15, 0.2) is 18.2 Å². The number of fused-ring (bicyclic) bond motifs is 2. The third-order valence-electron chi connectivity index (χ3n) is 4.68. The highest BCUT2D eigenvalue weighted by Crippen LogP contribution is 2.52. The second-order valence-electron chi connectivity index (χ2n) is 5.63. The van der Waals surface area contributed by atoms with Crippen molar-refractivity contribution in [3.63, 3.8) is 0 Å². The van der Waals surface area contributed by atoms with Gasteiger partial charge in [-0.15, -0.1) is 0 Å². The maximum absolute atomic E-state index is 5.97. The molecule has 1 aliphatic heterocycles. The van der Waals surface area contributed by atoms with Gasteiger partial charge in [0, 0.05) is 12.0 Å². The number of ether oxygens (including phenoxy) is 2. The van der Waals surface area contributed by atoms with Crippen LogP contribution in [0.1, 0.15) is 43.4 Å². The monoisotopic (exact) mass is 261 g/mol. The Balaban J connectivity index is 2.01. The summed E-state index contributed by atoms with van der Waals surface area (Å²) < 4.78 is 11.4. The van der Waals surface area contributed by atoms with Gasteiger partial charge in [0.15, 0.2) is 0 Å². The summed E-state index contributed by atoms with van der Waals surface area (Å²) in [5.41, 5.74) is 3.14. The van der Waals surface area contributed by atoms with Gasteiger partial charge in [0.25, 0.3) is 0 Å². The minimum atomic E-state index is 0.268. The number of benzene rings is 1. The van der Waals surface area contributed by atoms with E-state index in [0.717, 1.165) is 31.9 Å². The fourth-order valence-electron chi connectivity index (χ4n) is 3.71. The maximum atomic E-state index is 5.97. The zero-order valence-electron chi connectivity index (χ0n) is 11.9. The second kappa shape index (κ2) is 5.14.